The first-order valence-corrected chi connectivity index (χ1v) is 5.66. The molecule has 0 aromatic heterocycles. The van der Waals surface area contributed by atoms with Crippen LogP contribution in [0.3, 0.4) is 0 Å². The quantitative estimate of drug-likeness (QED) is 0.786. The summed E-state index contributed by atoms with van der Waals surface area (Å²) in [5, 5.41) is 9.30. The average molecular weight is 221 g/mol. The molecule has 0 bridgehead atoms. The second-order valence-corrected chi connectivity index (χ2v) is 4.62. The zero-order valence-electron chi connectivity index (χ0n) is 10.3. The Morgan fingerprint density at radius 3 is 2.69 bits per heavy atom. The minimum absolute atomic E-state index is 0.0538. The van der Waals surface area contributed by atoms with Gasteiger partial charge in [0.15, 0.2) is 0 Å². The smallest absolute Gasteiger partial charge is 0.146 e. The van der Waals surface area contributed by atoms with Crippen LogP contribution in [-0.4, -0.2) is 30.9 Å². The fraction of sp³-hybridized carbons (Fsp3) is 0.538. The molecule has 0 saturated carbocycles. The van der Waals surface area contributed by atoms with Crippen LogP contribution in [0.2, 0.25) is 0 Å². The Hall–Kier alpha value is -1.22. The van der Waals surface area contributed by atoms with E-state index >= 15 is 0 Å². The molecule has 2 atom stereocenters. The molecular formula is C13H19NO2. The van der Waals surface area contributed by atoms with Gasteiger partial charge >= 0.3 is 0 Å². The molecule has 0 aliphatic carbocycles. The second kappa shape index (κ2) is 3.98. The third kappa shape index (κ3) is 1.65. The maximum absolute atomic E-state index is 9.30. The predicted octanol–water partition coefficient (Wildman–Crippen LogP) is 1.88. The molecule has 0 radical (unpaired) electrons. The van der Waals surface area contributed by atoms with E-state index in [1.807, 2.05) is 14.0 Å². The van der Waals surface area contributed by atoms with Gasteiger partial charge in [0.1, 0.15) is 11.9 Å². The van der Waals surface area contributed by atoms with Crippen LogP contribution >= 0.6 is 0 Å². The predicted molar refractivity (Wildman–Crippen MR) is 65.3 cm³/mol. The van der Waals surface area contributed by atoms with Crippen molar-refractivity contribution in [3.8, 4) is 5.75 Å². The number of likely N-dealkylation sites (N-methyl/N-ethyl adjacent to an activating group) is 1. The first-order valence-electron chi connectivity index (χ1n) is 5.66. The van der Waals surface area contributed by atoms with Crippen molar-refractivity contribution in [3.63, 3.8) is 0 Å². The molecule has 2 rings (SSSR count). The lowest BCUT2D eigenvalue weighted by molar-refractivity contribution is 0.0882. The third-order valence-corrected chi connectivity index (χ3v) is 3.38. The van der Waals surface area contributed by atoms with Gasteiger partial charge in [0.05, 0.1) is 18.3 Å². The molecule has 1 aliphatic rings. The van der Waals surface area contributed by atoms with E-state index in [-0.39, 0.29) is 18.8 Å². The van der Waals surface area contributed by atoms with Crippen LogP contribution in [0, 0.1) is 13.8 Å². The Morgan fingerprint density at radius 2 is 2.06 bits per heavy atom. The number of aliphatic hydroxyl groups excluding tert-OH is 1. The molecule has 1 N–H and O–H groups in total. The lowest BCUT2D eigenvalue weighted by atomic mass is 10.0. The summed E-state index contributed by atoms with van der Waals surface area (Å²) in [6.07, 6.45) is -0.140. The zero-order valence-corrected chi connectivity index (χ0v) is 10.3. The maximum atomic E-state index is 9.30. The zero-order chi connectivity index (χ0) is 11.9. The van der Waals surface area contributed by atoms with Gasteiger partial charge in [-0.25, -0.2) is 0 Å². The summed E-state index contributed by atoms with van der Waals surface area (Å²) >= 11 is 0. The molecule has 2 unspecified atom stereocenters. The maximum Gasteiger partial charge on any atom is 0.146 e. The van der Waals surface area contributed by atoms with Gasteiger partial charge in [-0.05, 0) is 38.0 Å². The van der Waals surface area contributed by atoms with Crippen molar-refractivity contribution in [1.29, 1.82) is 0 Å². The molecule has 16 heavy (non-hydrogen) atoms. The number of ether oxygens (including phenoxy) is 1. The van der Waals surface area contributed by atoms with E-state index in [4.69, 9.17) is 4.74 Å². The molecule has 3 heteroatoms. The highest BCUT2D eigenvalue weighted by atomic mass is 16.5. The Balaban J connectivity index is 2.50. The molecule has 1 aromatic rings. The lowest BCUT2D eigenvalue weighted by Crippen LogP contribution is -2.48. The number of benzene rings is 1. The summed E-state index contributed by atoms with van der Waals surface area (Å²) in [6, 6.07) is 4.43. The number of aryl methyl sites for hydroxylation is 2. The van der Waals surface area contributed by atoms with Gasteiger partial charge in [0.2, 0.25) is 0 Å². The molecule has 88 valence electrons. The highest BCUT2D eigenvalue weighted by molar-refractivity contribution is 5.65. The molecule has 1 heterocycles. The second-order valence-electron chi connectivity index (χ2n) is 4.62. The summed E-state index contributed by atoms with van der Waals surface area (Å²) in [7, 11) is 2.05. The first kappa shape index (κ1) is 11.3. The van der Waals surface area contributed by atoms with E-state index in [1.54, 1.807) is 0 Å². The Kier molecular flexibility index (Phi) is 2.80. The number of anilines is 1. The van der Waals surface area contributed by atoms with Crippen molar-refractivity contribution < 1.29 is 9.84 Å². The summed E-state index contributed by atoms with van der Waals surface area (Å²) in [5.74, 6) is 0.908. The van der Waals surface area contributed by atoms with Crippen molar-refractivity contribution in [2.45, 2.75) is 32.9 Å². The molecule has 0 fully saturated rings. The van der Waals surface area contributed by atoms with Crippen molar-refractivity contribution >= 4 is 5.69 Å². The molecule has 0 amide bonds. The van der Waals surface area contributed by atoms with Gasteiger partial charge in [-0.3, -0.25) is 0 Å². The molecular weight excluding hydrogens is 202 g/mol. The third-order valence-electron chi connectivity index (χ3n) is 3.38. The van der Waals surface area contributed by atoms with Gasteiger partial charge in [-0.15, -0.1) is 0 Å². The minimum Gasteiger partial charge on any atom is -0.483 e. The van der Waals surface area contributed by atoms with Crippen LogP contribution in [0.5, 0.6) is 5.75 Å². The number of aliphatic hydroxyl groups is 1. The van der Waals surface area contributed by atoms with Crippen molar-refractivity contribution in [2.24, 2.45) is 0 Å². The average Bonchev–Trinajstić information content (AvgIpc) is 2.24. The molecule has 1 aliphatic heterocycles. The van der Waals surface area contributed by atoms with Gasteiger partial charge in [0.25, 0.3) is 0 Å². The van der Waals surface area contributed by atoms with E-state index < -0.39 is 0 Å². The lowest BCUT2D eigenvalue weighted by Gasteiger charge is -2.39. The summed E-state index contributed by atoms with van der Waals surface area (Å²) in [4.78, 5) is 2.18. The number of rotatable bonds is 1. The topological polar surface area (TPSA) is 32.7 Å². The Labute approximate surface area is 96.6 Å². The fourth-order valence-electron chi connectivity index (χ4n) is 2.26. The van der Waals surface area contributed by atoms with E-state index in [9.17, 15) is 5.11 Å². The number of hydrogen-bond donors (Lipinski definition) is 1. The normalized spacial score (nSPS) is 23.9. The summed E-state index contributed by atoms with van der Waals surface area (Å²) in [6.45, 7) is 6.26. The van der Waals surface area contributed by atoms with Crippen LogP contribution in [0.15, 0.2) is 12.1 Å². The van der Waals surface area contributed by atoms with E-state index in [0.717, 1.165) is 17.0 Å². The Bertz CT molecular complexity index is 403. The van der Waals surface area contributed by atoms with Crippen molar-refractivity contribution in [1.82, 2.24) is 0 Å². The molecule has 0 spiro atoms. The number of fused-ring (bicyclic) bond motifs is 1. The monoisotopic (exact) mass is 221 g/mol. The van der Waals surface area contributed by atoms with Crippen molar-refractivity contribution in [2.75, 3.05) is 18.6 Å². The number of hydrogen-bond acceptors (Lipinski definition) is 3. The minimum atomic E-state index is -0.140. The number of nitrogens with zero attached hydrogens (tertiary/aromatic N) is 1. The molecule has 1 aromatic carbocycles. The van der Waals surface area contributed by atoms with Crippen LogP contribution in [-0.2, 0) is 0 Å². The van der Waals surface area contributed by atoms with Crippen LogP contribution in [0.4, 0.5) is 5.69 Å². The van der Waals surface area contributed by atoms with Gasteiger partial charge in [-0.1, -0.05) is 6.07 Å². The summed E-state index contributed by atoms with van der Waals surface area (Å²) < 4.78 is 5.86. The SMILES string of the molecule is Cc1cc(C)c2c(c1)N(C)C(C)C(CO)O2. The Morgan fingerprint density at radius 1 is 1.38 bits per heavy atom. The molecule has 3 nitrogen and oxygen atoms in total. The standard InChI is InChI=1S/C13H19NO2/c1-8-5-9(2)13-11(6-8)14(4)10(3)12(7-15)16-13/h5-6,10,12,15H,7H2,1-4H3. The van der Waals surface area contributed by atoms with Crippen LogP contribution < -0.4 is 9.64 Å². The first-order chi connectivity index (χ1) is 7.54. The van der Waals surface area contributed by atoms with Gasteiger partial charge < -0.3 is 14.7 Å². The molecule has 0 saturated heterocycles. The van der Waals surface area contributed by atoms with E-state index in [2.05, 4.69) is 30.9 Å². The fourth-order valence-corrected chi connectivity index (χ4v) is 2.26. The largest absolute Gasteiger partial charge is 0.483 e. The van der Waals surface area contributed by atoms with Crippen molar-refractivity contribution in [3.05, 3.63) is 23.3 Å². The highest BCUT2D eigenvalue weighted by Gasteiger charge is 2.31. The van der Waals surface area contributed by atoms with Crippen LogP contribution in [0.1, 0.15) is 18.1 Å². The van der Waals surface area contributed by atoms with Crippen LogP contribution in [0.25, 0.3) is 0 Å². The highest BCUT2D eigenvalue weighted by Crippen LogP contribution is 2.38. The summed E-state index contributed by atoms with van der Waals surface area (Å²) in [5.41, 5.74) is 3.49. The van der Waals surface area contributed by atoms with Gasteiger partial charge in [0, 0.05) is 7.05 Å². The van der Waals surface area contributed by atoms with E-state index in [1.165, 1.54) is 5.56 Å². The van der Waals surface area contributed by atoms with E-state index in [0.29, 0.717) is 0 Å². The van der Waals surface area contributed by atoms with Gasteiger partial charge in [-0.2, -0.15) is 0 Å².